The van der Waals surface area contributed by atoms with Gasteiger partial charge in [0.05, 0.1) is 18.2 Å². The third kappa shape index (κ3) is 5.34. The molecule has 0 saturated heterocycles. The molecule has 0 radical (unpaired) electrons. The molecule has 0 amide bonds. The van der Waals surface area contributed by atoms with Crippen LogP contribution in [0.5, 0.6) is 5.75 Å². The number of ether oxygens (including phenoxy) is 1. The summed E-state index contributed by atoms with van der Waals surface area (Å²) < 4.78 is 6.02. The number of aryl methyl sites for hydroxylation is 1. The monoisotopic (exact) mass is 681 g/mol. The minimum atomic E-state index is -0.436. The zero-order chi connectivity index (χ0) is 35.8. The maximum absolute atomic E-state index is 6.02. The lowest BCUT2D eigenvalue weighted by Crippen LogP contribution is -2.28. The number of rotatable bonds is 8. The summed E-state index contributed by atoms with van der Waals surface area (Å²) in [6.45, 7) is 2.10. The Bertz CT molecular complexity index is 2480. The number of para-hydroxylation sites is 1. The van der Waals surface area contributed by atoms with Crippen molar-refractivity contribution >= 4 is 17.1 Å². The minimum absolute atomic E-state index is 0.436. The van der Waals surface area contributed by atoms with Crippen LogP contribution >= 0.6 is 0 Å². The van der Waals surface area contributed by atoms with Gasteiger partial charge in [0.1, 0.15) is 5.75 Å². The maximum Gasteiger partial charge on any atom is 0.145 e. The van der Waals surface area contributed by atoms with E-state index < -0.39 is 5.41 Å². The summed E-state index contributed by atoms with van der Waals surface area (Å²) in [6, 6.07) is 72.4. The van der Waals surface area contributed by atoms with Gasteiger partial charge in [0.2, 0.25) is 0 Å². The Kier molecular flexibility index (Phi) is 8.21. The molecule has 0 fully saturated rings. The van der Waals surface area contributed by atoms with Crippen molar-refractivity contribution in [2.45, 2.75) is 12.3 Å². The maximum atomic E-state index is 6.02. The van der Waals surface area contributed by atoms with Crippen molar-refractivity contribution in [2.24, 2.45) is 0 Å². The van der Waals surface area contributed by atoms with Gasteiger partial charge in [-0.15, -0.1) is 0 Å². The number of benzene rings is 8. The Balaban J connectivity index is 1.19. The van der Waals surface area contributed by atoms with Crippen LogP contribution in [0.15, 0.2) is 200 Å². The van der Waals surface area contributed by atoms with Gasteiger partial charge in [0, 0.05) is 11.4 Å². The van der Waals surface area contributed by atoms with Gasteiger partial charge in [-0.05, 0) is 98.5 Å². The minimum Gasteiger partial charge on any atom is -0.494 e. The van der Waals surface area contributed by atoms with E-state index in [0.717, 1.165) is 28.4 Å². The van der Waals surface area contributed by atoms with E-state index in [9.17, 15) is 0 Å². The normalized spacial score (nSPS) is 12.5. The molecule has 9 rings (SSSR count). The fourth-order valence-corrected chi connectivity index (χ4v) is 8.46. The summed E-state index contributed by atoms with van der Waals surface area (Å²) in [6.07, 6.45) is 0. The van der Waals surface area contributed by atoms with Gasteiger partial charge in [-0.25, -0.2) is 0 Å². The van der Waals surface area contributed by atoms with Gasteiger partial charge < -0.3 is 9.64 Å². The van der Waals surface area contributed by atoms with Gasteiger partial charge in [-0.1, -0.05) is 170 Å². The van der Waals surface area contributed by atoms with E-state index in [-0.39, 0.29) is 0 Å². The zero-order valence-electron chi connectivity index (χ0n) is 29.9. The summed E-state index contributed by atoms with van der Waals surface area (Å²) in [4.78, 5) is 2.30. The van der Waals surface area contributed by atoms with Crippen molar-refractivity contribution < 1.29 is 4.74 Å². The quantitative estimate of drug-likeness (QED) is 0.158. The standard InChI is InChI=1S/C51H39NO/c1-36-16-14-27-48(50(36)53-2)52(42-32-28-38(29-33-42)37-17-6-3-7-18-37)43-34-30-39(31-35-43)44-24-15-26-47-49(44)45-23-12-13-25-46(45)51(47,40-19-8-4-9-20-40)41-21-10-5-11-22-41/h3-35H,1-2H3. The lowest BCUT2D eigenvalue weighted by Gasteiger charge is -2.34. The number of hydrogen-bond acceptors (Lipinski definition) is 2. The van der Waals surface area contributed by atoms with E-state index in [1.54, 1.807) is 7.11 Å². The second kappa shape index (κ2) is 13.5. The summed E-state index contributed by atoms with van der Waals surface area (Å²) in [5, 5.41) is 0. The van der Waals surface area contributed by atoms with E-state index in [4.69, 9.17) is 4.74 Å². The van der Waals surface area contributed by atoms with Crippen molar-refractivity contribution in [1.82, 2.24) is 0 Å². The highest BCUT2D eigenvalue weighted by molar-refractivity contribution is 5.96. The molecule has 0 atom stereocenters. The Morgan fingerprint density at radius 1 is 0.415 bits per heavy atom. The first-order valence-corrected chi connectivity index (χ1v) is 18.2. The van der Waals surface area contributed by atoms with Crippen LogP contribution in [0, 0.1) is 6.92 Å². The molecule has 0 spiro atoms. The number of anilines is 3. The fraction of sp³-hybridized carbons (Fsp3) is 0.0588. The molecule has 0 heterocycles. The Morgan fingerprint density at radius 3 is 1.53 bits per heavy atom. The fourth-order valence-electron chi connectivity index (χ4n) is 8.46. The van der Waals surface area contributed by atoms with Crippen LogP contribution in [0.25, 0.3) is 33.4 Å². The van der Waals surface area contributed by atoms with Crippen LogP contribution in [-0.2, 0) is 5.41 Å². The molecule has 8 aromatic rings. The predicted molar refractivity (Wildman–Crippen MR) is 221 cm³/mol. The van der Waals surface area contributed by atoms with Crippen LogP contribution in [0.2, 0.25) is 0 Å². The Morgan fingerprint density at radius 2 is 0.906 bits per heavy atom. The van der Waals surface area contributed by atoms with Crippen LogP contribution in [0.3, 0.4) is 0 Å². The first-order chi connectivity index (χ1) is 26.2. The number of nitrogens with zero attached hydrogens (tertiary/aromatic N) is 1. The molecule has 1 aliphatic rings. The van der Waals surface area contributed by atoms with E-state index in [2.05, 4.69) is 212 Å². The van der Waals surface area contributed by atoms with Crippen molar-refractivity contribution in [3.8, 4) is 39.1 Å². The molecule has 0 bridgehead atoms. The van der Waals surface area contributed by atoms with E-state index in [1.165, 1.54) is 55.6 Å². The van der Waals surface area contributed by atoms with Crippen molar-refractivity contribution in [3.05, 3.63) is 228 Å². The van der Waals surface area contributed by atoms with E-state index >= 15 is 0 Å². The van der Waals surface area contributed by atoms with Crippen LogP contribution < -0.4 is 9.64 Å². The van der Waals surface area contributed by atoms with Gasteiger partial charge in [0.15, 0.2) is 0 Å². The average molecular weight is 682 g/mol. The summed E-state index contributed by atoms with van der Waals surface area (Å²) in [5.41, 5.74) is 16.3. The smallest absolute Gasteiger partial charge is 0.145 e. The van der Waals surface area contributed by atoms with Gasteiger partial charge >= 0.3 is 0 Å². The molecule has 254 valence electrons. The first-order valence-electron chi connectivity index (χ1n) is 18.2. The second-order valence-electron chi connectivity index (χ2n) is 13.7. The van der Waals surface area contributed by atoms with Crippen LogP contribution in [-0.4, -0.2) is 7.11 Å². The van der Waals surface area contributed by atoms with Crippen LogP contribution in [0.1, 0.15) is 27.8 Å². The molecular formula is C51H39NO. The van der Waals surface area contributed by atoms with Gasteiger partial charge in [-0.2, -0.15) is 0 Å². The predicted octanol–water partition coefficient (Wildman–Crippen LogP) is 13.2. The number of hydrogen-bond donors (Lipinski definition) is 0. The SMILES string of the molecule is COc1c(C)cccc1N(c1ccc(-c2ccccc2)cc1)c1ccc(-c2cccc3c2-c2ccccc2C3(c2ccccc2)c2ccccc2)cc1. The highest BCUT2D eigenvalue weighted by Gasteiger charge is 2.46. The lowest BCUT2D eigenvalue weighted by molar-refractivity contribution is 0.413. The van der Waals surface area contributed by atoms with Gasteiger partial charge in [-0.3, -0.25) is 0 Å². The molecule has 0 saturated carbocycles. The molecule has 8 aromatic carbocycles. The number of methoxy groups -OCH3 is 1. The Hall–Kier alpha value is -6.64. The second-order valence-corrected chi connectivity index (χ2v) is 13.7. The van der Waals surface area contributed by atoms with Crippen LogP contribution in [0.4, 0.5) is 17.1 Å². The third-order valence-electron chi connectivity index (χ3n) is 10.8. The average Bonchev–Trinajstić information content (AvgIpc) is 3.54. The Labute approximate surface area is 312 Å². The van der Waals surface area contributed by atoms with E-state index in [1.807, 2.05) is 0 Å². The highest BCUT2D eigenvalue weighted by atomic mass is 16.5. The molecule has 1 aliphatic carbocycles. The molecule has 0 aromatic heterocycles. The van der Waals surface area contributed by atoms with Crippen molar-refractivity contribution in [1.29, 1.82) is 0 Å². The zero-order valence-corrected chi connectivity index (χ0v) is 29.9. The lowest BCUT2D eigenvalue weighted by atomic mass is 9.67. The summed E-state index contributed by atoms with van der Waals surface area (Å²) in [5.74, 6) is 0.861. The molecule has 53 heavy (non-hydrogen) atoms. The largest absolute Gasteiger partial charge is 0.494 e. The van der Waals surface area contributed by atoms with Gasteiger partial charge in [0.25, 0.3) is 0 Å². The topological polar surface area (TPSA) is 12.5 Å². The molecule has 2 nitrogen and oxygen atoms in total. The van der Waals surface area contributed by atoms with Crippen molar-refractivity contribution in [3.63, 3.8) is 0 Å². The number of fused-ring (bicyclic) bond motifs is 3. The van der Waals surface area contributed by atoms with Crippen molar-refractivity contribution in [2.75, 3.05) is 12.0 Å². The summed E-state index contributed by atoms with van der Waals surface area (Å²) in [7, 11) is 1.75. The highest BCUT2D eigenvalue weighted by Crippen LogP contribution is 2.58. The molecule has 0 aliphatic heterocycles. The molecule has 0 unspecified atom stereocenters. The summed E-state index contributed by atoms with van der Waals surface area (Å²) >= 11 is 0. The molecular weight excluding hydrogens is 643 g/mol. The third-order valence-corrected chi connectivity index (χ3v) is 10.8. The molecule has 0 N–H and O–H groups in total. The molecule has 2 heteroatoms. The first kappa shape index (κ1) is 32.3. The van der Waals surface area contributed by atoms with E-state index in [0.29, 0.717) is 0 Å².